The highest BCUT2D eigenvalue weighted by molar-refractivity contribution is 7.94. The molecule has 0 unspecified atom stereocenters. The first-order valence-electron chi connectivity index (χ1n) is 4.96. The van der Waals surface area contributed by atoms with Gasteiger partial charge < -0.3 is 5.11 Å². The van der Waals surface area contributed by atoms with Gasteiger partial charge in [0, 0.05) is 0 Å². The maximum atomic E-state index is 12.0. The van der Waals surface area contributed by atoms with Crippen LogP contribution in [0.5, 0.6) is 5.75 Å². The van der Waals surface area contributed by atoms with Crippen molar-refractivity contribution in [3.63, 3.8) is 0 Å². The molecule has 0 radical (unpaired) electrons. The fraction of sp³-hybridized carbons (Fsp3) is 0.0909. The number of hydrogen-bond acceptors (Lipinski definition) is 4. The summed E-state index contributed by atoms with van der Waals surface area (Å²) in [6.45, 7) is 1.80. The molecule has 0 bridgehead atoms. The van der Waals surface area contributed by atoms with Crippen LogP contribution in [-0.4, -0.2) is 13.5 Å². The summed E-state index contributed by atoms with van der Waals surface area (Å²) >= 11 is 6.66. The number of hydrogen-bond donors (Lipinski definition) is 2. The zero-order valence-electron chi connectivity index (χ0n) is 9.34. The maximum Gasteiger partial charge on any atom is 0.271 e. The molecule has 1 heterocycles. The Hall–Kier alpha value is -1.24. The van der Waals surface area contributed by atoms with Crippen LogP contribution in [0, 0.1) is 6.92 Å². The second-order valence-corrected chi connectivity index (χ2v) is 7.31. The van der Waals surface area contributed by atoms with E-state index in [4.69, 9.17) is 11.6 Å². The van der Waals surface area contributed by atoms with E-state index in [1.165, 1.54) is 18.2 Å². The number of thiophene rings is 1. The summed E-state index contributed by atoms with van der Waals surface area (Å²) in [6.07, 6.45) is 0. The number of benzene rings is 1. The number of aryl methyl sites for hydroxylation is 1. The monoisotopic (exact) mass is 303 g/mol. The first kappa shape index (κ1) is 13.2. The Bertz CT molecular complexity index is 679. The zero-order valence-corrected chi connectivity index (χ0v) is 11.7. The molecule has 1 aromatic heterocycles. The van der Waals surface area contributed by atoms with Gasteiger partial charge >= 0.3 is 0 Å². The minimum Gasteiger partial charge on any atom is -0.506 e. The molecule has 96 valence electrons. The van der Waals surface area contributed by atoms with Crippen LogP contribution in [0.15, 0.2) is 34.5 Å². The Kier molecular flexibility index (Phi) is 3.52. The molecule has 2 rings (SSSR count). The summed E-state index contributed by atoms with van der Waals surface area (Å²) in [5.41, 5.74) is 0.995. The van der Waals surface area contributed by atoms with Gasteiger partial charge in [-0.1, -0.05) is 17.7 Å². The van der Waals surface area contributed by atoms with Crippen LogP contribution in [-0.2, 0) is 10.0 Å². The number of phenols is 1. The number of aromatic hydroxyl groups is 1. The Morgan fingerprint density at radius 3 is 2.61 bits per heavy atom. The highest BCUT2D eigenvalue weighted by atomic mass is 35.5. The minimum atomic E-state index is -3.71. The third-order valence-electron chi connectivity index (χ3n) is 2.21. The number of nitrogens with one attached hydrogen (secondary N) is 1. The lowest BCUT2D eigenvalue weighted by Gasteiger charge is -2.08. The predicted molar refractivity (Wildman–Crippen MR) is 73.0 cm³/mol. The Labute approximate surface area is 114 Å². The van der Waals surface area contributed by atoms with Crippen molar-refractivity contribution in [1.82, 2.24) is 0 Å². The van der Waals surface area contributed by atoms with Crippen LogP contribution >= 0.6 is 22.9 Å². The van der Waals surface area contributed by atoms with Crippen molar-refractivity contribution in [2.24, 2.45) is 0 Å². The lowest BCUT2D eigenvalue weighted by Crippen LogP contribution is -2.11. The van der Waals surface area contributed by atoms with E-state index >= 15 is 0 Å². The largest absolute Gasteiger partial charge is 0.506 e. The molecule has 0 aliphatic heterocycles. The summed E-state index contributed by atoms with van der Waals surface area (Å²) in [5, 5.41) is 9.60. The van der Waals surface area contributed by atoms with Gasteiger partial charge in [-0.15, -0.1) is 11.3 Å². The van der Waals surface area contributed by atoms with Crippen molar-refractivity contribution in [1.29, 1.82) is 0 Å². The number of phenolic OH excluding ortho intramolecular Hbond substituents is 1. The zero-order chi connectivity index (χ0) is 13.3. The highest BCUT2D eigenvalue weighted by Crippen LogP contribution is 2.30. The summed E-state index contributed by atoms with van der Waals surface area (Å²) in [7, 11) is -3.71. The summed E-state index contributed by atoms with van der Waals surface area (Å²) in [5.74, 6) is -0.119. The molecule has 2 aromatic rings. The summed E-state index contributed by atoms with van der Waals surface area (Å²) in [4.78, 5) is 0. The van der Waals surface area contributed by atoms with Crippen LogP contribution in [0.4, 0.5) is 5.69 Å². The van der Waals surface area contributed by atoms with Crippen LogP contribution < -0.4 is 4.72 Å². The number of anilines is 1. The molecule has 0 saturated carbocycles. The van der Waals surface area contributed by atoms with Crippen molar-refractivity contribution < 1.29 is 13.5 Å². The van der Waals surface area contributed by atoms with Crippen molar-refractivity contribution in [2.45, 2.75) is 11.1 Å². The van der Waals surface area contributed by atoms with E-state index in [0.29, 0.717) is 4.34 Å². The van der Waals surface area contributed by atoms with Crippen molar-refractivity contribution in [3.05, 3.63) is 40.2 Å². The van der Waals surface area contributed by atoms with E-state index in [9.17, 15) is 13.5 Å². The molecule has 0 fully saturated rings. The Balaban J connectivity index is 2.36. The van der Waals surface area contributed by atoms with Gasteiger partial charge in [0.05, 0.1) is 10.0 Å². The molecule has 1 aromatic carbocycles. The smallest absolute Gasteiger partial charge is 0.271 e. The van der Waals surface area contributed by atoms with Crippen LogP contribution in [0.1, 0.15) is 5.56 Å². The van der Waals surface area contributed by atoms with Gasteiger partial charge in [0.15, 0.2) is 0 Å². The average Bonchev–Trinajstić information content (AvgIpc) is 2.71. The van der Waals surface area contributed by atoms with Gasteiger partial charge in [0.1, 0.15) is 9.96 Å². The lowest BCUT2D eigenvalue weighted by atomic mass is 10.2. The minimum absolute atomic E-state index is 0.105. The third kappa shape index (κ3) is 2.77. The van der Waals surface area contributed by atoms with E-state index in [-0.39, 0.29) is 15.6 Å². The lowest BCUT2D eigenvalue weighted by molar-refractivity contribution is 0.477. The molecule has 7 heteroatoms. The number of rotatable bonds is 3. The first-order valence-corrected chi connectivity index (χ1v) is 7.64. The molecule has 0 amide bonds. The van der Waals surface area contributed by atoms with Crippen LogP contribution in [0.25, 0.3) is 0 Å². The molecule has 0 aliphatic rings. The first-order chi connectivity index (χ1) is 8.38. The molecule has 0 atom stereocenters. The van der Waals surface area contributed by atoms with Gasteiger partial charge in [-0.05, 0) is 36.8 Å². The highest BCUT2D eigenvalue weighted by Gasteiger charge is 2.18. The third-order valence-corrected chi connectivity index (χ3v) is 5.30. The molecule has 0 saturated heterocycles. The molecule has 18 heavy (non-hydrogen) atoms. The van der Waals surface area contributed by atoms with Gasteiger partial charge in [-0.3, -0.25) is 4.72 Å². The Morgan fingerprint density at radius 2 is 2.00 bits per heavy atom. The van der Waals surface area contributed by atoms with Crippen LogP contribution in [0.2, 0.25) is 4.34 Å². The normalized spacial score (nSPS) is 11.4. The molecular formula is C11H10ClNO3S2. The van der Waals surface area contributed by atoms with Gasteiger partial charge in [-0.25, -0.2) is 8.42 Å². The molecule has 4 nitrogen and oxygen atoms in total. The van der Waals surface area contributed by atoms with E-state index in [1.54, 1.807) is 19.1 Å². The van der Waals surface area contributed by atoms with Gasteiger partial charge in [-0.2, -0.15) is 0 Å². The van der Waals surface area contributed by atoms with E-state index in [2.05, 4.69) is 4.72 Å². The number of sulfonamides is 1. The second kappa shape index (κ2) is 4.79. The summed E-state index contributed by atoms with van der Waals surface area (Å²) in [6, 6.07) is 7.62. The average molecular weight is 304 g/mol. The fourth-order valence-electron chi connectivity index (χ4n) is 1.37. The van der Waals surface area contributed by atoms with Crippen LogP contribution in [0.3, 0.4) is 0 Å². The summed E-state index contributed by atoms with van der Waals surface area (Å²) < 4.78 is 26.8. The van der Waals surface area contributed by atoms with E-state index < -0.39 is 10.0 Å². The molecule has 0 spiro atoms. The topological polar surface area (TPSA) is 66.4 Å². The molecular weight excluding hydrogens is 294 g/mol. The fourth-order valence-corrected chi connectivity index (χ4v) is 3.92. The molecule has 0 aliphatic carbocycles. The predicted octanol–water partition coefficient (Wildman–Crippen LogP) is 3.22. The second-order valence-electron chi connectivity index (χ2n) is 3.68. The maximum absolute atomic E-state index is 12.0. The quantitative estimate of drug-likeness (QED) is 0.856. The Morgan fingerprint density at radius 1 is 1.28 bits per heavy atom. The van der Waals surface area contributed by atoms with Gasteiger partial charge in [0.2, 0.25) is 0 Å². The van der Waals surface area contributed by atoms with Crippen molar-refractivity contribution in [3.8, 4) is 5.75 Å². The standard InChI is InChI=1S/C11H10ClNO3S2/c1-7-2-3-9(14)8(6-7)13-18(15,16)11-5-4-10(12)17-11/h2-6,13-14H,1H3. The van der Waals surface area contributed by atoms with Gasteiger partial charge in [0.25, 0.3) is 10.0 Å². The van der Waals surface area contributed by atoms with E-state index in [0.717, 1.165) is 16.9 Å². The number of halogens is 1. The van der Waals surface area contributed by atoms with Crippen molar-refractivity contribution in [2.75, 3.05) is 4.72 Å². The molecule has 2 N–H and O–H groups in total. The SMILES string of the molecule is Cc1ccc(O)c(NS(=O)(=O)c2ccc(Cl)s2)c1. The van der Waals surface area contributed by atoms with E-state index in [1.807, 2.05) is 0 Å². The van der Waals surface area contributed by atoms with Crippen molar-refractivity contribution >= 4 is 38.6 Å².